The van der Waals surface area contributed by atoms with Crippen LogP contribution in [0.4, 0.5) is 5.69 Å². The standard InChI is InChI=1S/C29H46N6O5/c1-21(2)20-34(23-17-22(18-30-19-23)28(36)33-12-15-40-16-13-33)29(37)27-25(10-7-8-14-38-3)35(32-31-27)24-9-5-6-11-26(24)39-4/h5-6,9,11,21-23,25,27,30H,7-8,10,12-20H2,1-4H3/t22-,23+,25?,27?/m1/s1. The van der Waals surface area contributed by atoms with E-state index in [2.05, 4.69) is 29.5 Å². The van der Waals surface area contributed by atoms with Crippen LogP contribution in [0, 0.1) is 11.8 Å². The number of nitrogens with zero attached hydrogens (tertiary/aromatic N) is 5. The summed E-state index contributed by atoms with van der Waals surface area (Å²) in [7, 11) is 3.34. The van der Waals surface area contributed by atoms with Crippen molar-refractivity contribution in [3.05, 3.63) is 24.3 Å². The summed E-state index contributed by atoms with van der Waals surface area (Å²) >= 11 is 0. The number of para-hydroxylation sites is 2. The second kappa shape index (κ2) is 14.7. The number of benzene rings is 1. The van der Waals surface area contributed by atoms with E-state index in [1.54, 1.807) is 14.2 Å². The quantitative estimate of drug-likeness (QED) is 0.393. The number of nitrogens with one attached hydrogen (secondary N) is 1. The zero-order valence-corrected chi connectivity index (χ0v) is 24.5. The van der Waals surface area contributed by atoms with E-state index in [1.165, 1.54) is 0 Å². The van der Waals surface area contributed by atoms with Gasteiger partial charge in [-0.15, -0.1) is 0 Å². The molecule has 1 aromatic carbocycles. The van der Waals surface area contributed by atoms with Crippen LogP contribution < -0.4 is 15.1 Å². The van der Waals surface area contributed by atoms with Gasteiger partial charge in [-0.25, -0.2) is 5.01 Å². The van der Waals surface area contributed by atoms with Gasteiger partial charge in [0.25, 0.3) is 5.91 Å². The van der Waals surface area contributed by atoms with Crippen molar-refractivity contribution in [3.8, 4) is 5.75 Å². The molecule has 1 N–H and O–H groups in total. The second-order valence-electron chi connectivity index (χ2n) is 11.3. The molecule has 222 valence electrons. The lowest BCUT2D eigenvalue weighted by Crippen LogP contribution is -2.58. The normalized spacial score (nSPS) is 24.9. The van der Waals surface area contributed by atoms with E-state index in [-0.39, 0.29) is 35.7 Å². The highest BCUT2D eigenvalue weighted by Crippen LogP contribution is 2.36. The van der Waals surface area contributed by atoms with Crippen molar-refractivity contribution >= 4 is 17.5 Å². The number of amides is 2. The largest absolute Gasteiger partial charge is 0.495 e. The molecule has 0 aliphatic carbocycles. The van der Waals surface area contributed by atoms with Crippen LogP contribution in [0.3, 0.4) is 0 Å². The SMILES string of the molecule is COCCCCC1C(C(=O)N(CC(C)C)[C@@H]2CNC[C@H](C(=O)N3CCOCC3)C2)N=NN1c1ccccc1OC. The fourth-order valence-electron chi connectivity index (χ4n) is 5.90. The number of piperidine rings is 1. The first kappa shape index (κ1) is 30.2. The summed E-state index contributed by atoms with van der Waals surface area (Å²) in [5.41, 5.74) is 0.798. The van der Waals surface area contributed by atoms with Gasteiger partial charge in [-0.2, -0.15) is 5.11 Å². The van der Waals surface area contributed by atoms with Crippen molar-refractivity contribution in [2.24, 2.45) is 22.2 Å². The van der Waals surface area contributed by atoms with Crippen molar-refractivity contribution in [1.82, 2.24) is 15.1 Å². The Kier molecular flexibility index (Phi) is 11.1. The van der Waals surface area contributed by atoms with Gasteiger partial charge in [0.05, 0.1) is 32.3 Å². The maximum Gasteiger partial charge on any atom is 0.251 e. The average molecular weight is 559 g/mol. The number of carbonyl (C=O) groups is 2. The predicted molar refractivity (Wildman–Crippen MR) is 152 cm³/mol. The molecule has 1 aromatic rings. The van der Waals surface area contributed by atoms with Crippen LogP contribution in [0.2, 0.25) is 0 Å². The maximum atomic E-state index is 14.3. The van der Waals surface area contributed by atoms with Gasteiger partial charge in [0, 0.05) is 52.5 Å². The molecule has 0 spiro atoms. The lowest BCUT2D eigenvalue weighted by Gasteiger charge is -2.41. The first-order valence-corrected chi connectivity index (χ1v) is 14.6. The lowest BCUT2D eigenvalue weighted by molar-refractivity contribution is -0.143. The van der Waals surface area contributed by atoms with Gasteiger partial charge >= 0.3 is 0 Å². The Morgan fingerprint density at radius 2 is 1.93 bits per heavy atom. The Morgan fingerprint density at radius 1 is 1.15 bits per heavy atom. The molecule has 4 atom stereocenters. The molecule has 2 fully saturated rings. The van der Waals surface area contributed by atoms with Crippen molar-refractivity contribution in [3.63, 3.8) is 0 Å². The molecule has 11 nitrogen and oxygen atoms in total. The van der Waals surface area contributed by atoms with Crippen LogP contribution in [0.25, 0.3) is 0 Å². The fourth-order valence-corrected chi connectivity index (χ4v) is 5.90. The minimum absolute atomic E-state index is 0.0298. The number of unbranched alkanes of at least 4 members (excludes halogenated alkanes) is 1. The molecule has 2 saturated heterocycles. The van der Waals surface area contributed by atoms with E-state index in [0.717, 1.165) is 24.9 Å². The Morgan fingerprint density at radius 3 is 2.65 bits per heavy atom. The molecule has 3 aliphatic rings. The van der Waals surface area contributed by atoms with Crippen molar-refractivity contribution in [2.45, 2.75) is 57.7 Å². The maximum absolute atomic E-state index is 14.3. The summed E-state index contributed by atoms with van der Waals surface area (Å²) in [5.74, 6) is 0.910. The van der Waals surface area contributed by atoms with Crippen LogP contribution in [-0.2, 0) is 19.1 Å². The molecular formula is C29H46N6O5. The molecule has 11 heteroatoms. The molecule has 4 rings (SSSR count). The molecule has 0 saturated carbocycles. The molecule has 0 aromatic heterocycles. The number of morpholine rings is 1. The third kappa shape index (κ3) is 7.30. The zero-order valence-electron chi connectivity index (χ0n) is 24.5. The Balaban J connectivity index is 1.54. The molecule has 3 heterocycles. The first-order valence-electron chi connectivity index (χ1n) is 14.6. The topological polar surface area (TPSA) is 108 Å². The molecule has 0 radical (unpaired) electrons. The van der Waals surface area contributed by atoms with Crippen LogP contribution in [0.15, 0.2) is 34.6 Å². The fraction of sp³-hybridized carbons (Fsp3) is 0.724. The van der Waals surface area contributed by atoms with Crippen LogP contribution in [0.5, 0.6) is 5.75 Å². The molecule has 3 aliphatic heterocycles. The smallest absolute Gasteiger partial charge is 0.251 e. The van der Waals surface area contributed by atoms with Crippen molar-refractivity contribution in [1.29, 1.82) is 0 Å². The van der Waals surface area contributed by atoms with E-state index in [4.69, 9.17) is 14.2 Å². The number of hydrogen-bond donors (Lipinski definition) is 1. The van der Waals surface area contributed by atoms with Gasteiger partial charge in [-0.05, 0) is 43.7 Å². The van der Waals surface area contributed by atoms with Gasteiger partial charge < -0.3 is 29.3 Å². The summed E-state index contributed by atoms with van der Waals surface area (Å²) < 4.78 is 16.3. The highest BCUT2D eigenvalue weighted by Gasteiger charge is 2.44. The Bertz CT molecular complexity index is 1000. The number of methoxy groups -OCH3 is 2. The summed E-state index contributed by atoms with van der Waals surface area (Å²) in [6.45, 7) is 9.19. The Labute approximate surface area is 238 Å². The van der Waals surface area contributed by atoms with Gasteiger partial charge in [0.2, 0.25) is 5.91 Å². The number of anilines is 1. The minimum Gasteiger partial charge on any atom is -0.495 e. The summed E-state index contributed by atoms with van der Waals surface area (Å²) in [4.78, 5) is 31.5. The highest BCUT2D eigenvalue weighted by atomic mass is 16.5. The average Bonchev–Trinajstić information content (AvgIpc) is 3.41. The molecular weight excluding hydrogens is 512 g/mol. The third-order valence-corrected chi connectivity index (χ3v) is 7.92. The molecule has 2 unspecified atom stereocenters. The predicted octanol–water partition coefficient (Wildman–Crippen LogP) is 2.76. The molecule has 40 heavy (non-hydrogen) atoms. The monoisotopic (exact) mass is 558 g/mol. The van der Waals surface area contributed by atoms with Gasteiger partial charge in [-0.3, -0.25) is 9.59 Å². The Hall–Kier alpha value is -2.76. The molecule has 0 bridgehead atoms. The molecule has 2 amide bonds. The summed E-state index contributed by atoms with van der Waals surface area (Å²) in [5, 5.41) is 14.4. The number of rotatable bonds is 12. The summed E-state index contributed by atoms with van der Waals surface area (Å²) in [6.07, 6.45) is 3.15. The van der Waals surface area contributed by atoms with E-state index >= 15 is 0 Å². The minimum atomic E-state index is -0.637. The van der Waals surface area contributed by atoms with E-state index in [1.807, 2.05) is 39.1 Å². The van der Waals surface area contributed by atoms with Crippen molar-refractivity contribution in [2.75, 3.05) is 71.8 Å². The third-order valence-electron chi connectivity index (χ3n) is 7.92. The number of ether oxygens (including phenoxy) is 3. The number of carbonyl (C=O) groups excluding carboxylic acids is 2. The van der Waals surface area contributed by atoms with E-state index in [9.17, 15) is 9.59 Å². The van der Waals surface area contributed by atoms with Gasteiger partial charge in [0.1, 0.15) is 11.4 Å². The van der Waals surface area contributed by atoms with Crippen LogP contribution in [-0.4, -0.2) is 107 Å². The van der Waals surface area contributed by atoms with Crippen LogP contribution in [0.1, 0.15) is 39.5 Å². The van der Waals surface area contributed by atoms with Gasteiger partial charge in [-0.1, -0.05) is 31.2 Å². The zero-order chi connectivity index (χ0) is 28.5. The first-order chi connectivity index (χ1) is 19.4. The second-order valence-corrected chi connectivity index (χ2v) is 11.3. The van der Waals surface area contributed by atoms with E-state index < -0.39 is 6.04 Å². The van der Waals surface area contributed by atoms with Crippen LogP contribution >= 0.6 is 0 Å². The van der Waals surface area contributed by atoms with Gasteiger partial charge in [0.15, 0.2) is 6.04 Å². The summed E-state index contributed by atoms with van der Waals surface area (Å²) in [6, 6.07) is 6.73. The lowest BCUT2D eigenvalue weighted by atomic mass is 9.91. The van der Waals surface area contributed by atoms with Crippen molar-refractivity contribution < 1.29 is 23.8 Å². The number of hydrogen-bond acceptors (Lipinski definition) is 9. The highest BCUT2D eigenvalue weighted by molar-refractivity contribution is 5.85. The van der Waals surface area contributed by atoms with E-state index in [0.29, 0.717) is 64.7 Å².